The molecule has 1 unspecified atom stereocenters. The highest BCUT2D eigenvalue weighted by molar-refractivity contribution is 5.74. The van der Waals surface area contributed by atoms with Crippen LogP contribution in [-0.4, -0.2) is 37.4 Å². The number of rotatable bonds is 17. The van der Waals surface area contributed by atoms with Gasteiger partial charge in [0.15, 0.2) is 6.04 Å². The molecular formula is C30H46NO3+. The van der Waals surface area contributed by atoms with Crippen molar-refractivity contribution in [3.63, 3.8) is 0 Å². The minimum Gasteiger partial charge on any atom is -0.457 e. The minimum atomic E-state index is -0.238. The average Bonchev–Trinajstić information content (AvgIpc) is 2.82. The number of likely N-dealkylation sites (N-methyl/N-ethyl adjacent to an activating group) is 1. The van der Waals surface area contributed by atoms with Crippen molar-refractivity contribution in [3.05, 3.63) is 65.7 Å². The number of benzene rings is 2. The van der Waals surface area contributed by atoms with Crippen molar-refractivity contribution in [1.29, 1.82) is 0 Å². The Balaban J connectivity index is 1.69. The van der Waals surface area contributed by atoms with E-state index in [0.717, 1.165) is 18.7 Å². The molecule has 1 atom stereocenters. The van der Waals surface area contributed by atoms with E-state index in [2.05, 4.69) is 45.3 Å². The Kier molecular flexibility index (Phi) is 12.8. The van der Waals surface area contributed by atoms with Crippen LogP contribution in [0.5, 0.6) is 5.75 Å². The normalized spacial score (nSPS) is 12.4. The Bertz CT molecular complexity index is 802. The molecular weight excluding hydrogens is 422 g/mol. The molecule has 188 valence electrons. The summed E-state index contributed by atoms with van der Waals surface area (Å²) in [4.78, 5) is 12.8. The van der Waals surface area contributed by atoms with Crippen LogP contribution in [0.15, 0.2) is 54.6 Å². The topological polar surface area (TPSA) is 35.5 Å². The number of aryl methyl sites for hydroxylation is 1. The standard InChI is InChI=1S/C30H46NO3/c1-5-7-8-9-10-11-12-14-17-26-20-22-28(23-21-26)33-25-34-30(32)29(6-2)31(3,4)24-27-18-15-13-16-19-27/h13,15-16,18-23,29H,5-12,14,17,24-25H2,1-4H3/q+1. The van der Waals surface area contributed by atoms with Crippen molar-refractivity contribution < 1.29 is 18.8 Å². The summed E-state index contributed by atoms with van der Waals surface area (Å²) in [6.45, 7) is 5.01. The molecule has 4 heteroatoms. The molecule has 0 fully saturated rings. The highest BCUT2D eigenvalue weighted by atomic mass is 16.7. The van der Waals surface area contributed by atoms with E-state index >= 15 is 0 Å². The molecule has 2 aromatic rings. The highest BCUT2D eigenvalue weighted by Crippen LogP contribution is 2.19. The smallest absolute Gasteiger partial charge is 0.367 e. The SMILES string of the molecule is CCCCCCCCCCc1ccc(OCOC(=O)C(CC)[N+](C)(C)Cc2ccccc2)cc1. The first-order valence-electron chi connectivity index (χ1n) is 13.2. The van der Waals surface area contributed by atoms with Crippen LogP contribution in [0.4, 0.5) is 0 Å². The molecule has 2 aromatic carbocycles. The summed E-state index contributed by atoms with van der Waals surface area (Å²) in [7, 11) is 4.16. The van der Waals surface area contributed by atoms with E-state index in [1.54, 1.807) is 0 Å². The van der Waals surface area contributed by atoms with E-state index < -0.39 is 0 Å². The van der Waals surface area contributed by atoms with Crippen LogP contribution in [0, 0.1) is 0 Å². The zero-order chi connectivity index (χ0) is 24.7. The Morgan fingerprint density at radius 3 is 2.03 bits per heavy atom. The molecule has 0 radical (unpaired) electrons. The molecule has 2 rings (SSSR count). The minimum absolute atomic E-state index is 0.0575. The predicted molar refractivity (Wildman–Crippen MR) is 141 cm³/mol. The molecule has 0 spiro atoms. The van der Waals surface area contributed by atoms with Gasteiger partial charge in [-0.05, 0) is 30.5 Å². The third-order valence-corrected chi connectivity index (χ3v) is 6.60. The molecule has 0 heterocycles. The van der Waals surface area contributed by atoms with Gasteiger partial charge in [0.1, 0.15) is 12.3 Å². The van der Waals surface area contributed by atoms with E-state index in [1.165, 1.54) is 62.5 Å². The molecule has 0 saturated heterocycles. The number of hydrogen-bond acceptors (Lipinski definition) is 3. The first-order valence-corrected chi connectivity index (χ1v) is 13.2. The van der Waals surface area contributed by atoms with E-state index in [0.29, 0.717) is 10.9 Å². The Labute approximate surface area is 207 Å². The van der Waals surface area contributed by atoms with Crippen molar-refractivity contribution in [2.24, 2.45) is 0 Å². The zero-order valence-corrected chi connectivity index (χ0v) is 21.9. The van der Waals surface area contributed by atoms with E-state index in [-0.39, 0.29) is 18.8 Å². The number of carbonyl (C=O) groups is 1. The van der Waals surface area contributed by atoms with Crippen LogP contribution in [0.25, 0.3) is 0 Å². The third-order valence-electron chi connectivity index (χ3n) is 6.60. The van der Waals surface area contributed by atoms with Crippen LogP contribution < -0.4 is 4.74 Å². The second-order valence-electron chi connectivity index (χ2n) is 9.94. The summed E-state index contributed by atoms with van der Waals surface area (Å²) < 4.78 is 11.7. The number of quaternary nitrogens is 1. The third kappa shape index (κ3) is 10.3. The van der Waals surface area contributed by atoms with Gasteiger partial charge in [-0.15, -0.1) is 0 Å². The van der Waals surface area contributed by atoms with Gasteiger partial charge in [0, 0.05) is 12.0 Å². The lowest BCUT2D eigenvalue weighted by Crippen LogP contribution is -2.52. The number of ether oxygens (including phenoxy) is 2. The number of hydrogen-bond donors (Lipinski definition) is 0. The van der Waals surface area contributed by atoms with Crippen LogP contribution in [0.2, 0.25) is 0 Å². The number of nitrogens with zero attached hydrogens (tertiary/aromatic N) is 1. The van der Waals surface area contributed by atoms with E-state index in [9.17, 15) is 4.79 Å². The first-order chi connectivity index (χ1) is 16.5. The summed E-state index contributed by atoms with van der Waals surface area (Å²) >= 11 is 0. The molecule has 0 aliphatic rings. The van der Waals surface area contributed by atoms with Gasteiger partial charge in [-0.2, -0.15) is 0 Å². The highest BCUT2D eigenvalue weighted by Gasteiger charge is 2.35. The fraction of sp³-hybridized carbons (Fsp3) is 0.567. The second kappa shape index (κ2) is 15.5. The molecule has 0 aromatic heterocycles. The van der Waals surface area contributed by atoms with Gasteiger partial charge in [-0.3, -0.25) is 0 Å². The van der Waals surface area contributed by atoms with Crippen molar-refractivity contribution in [3.8, 4) is 5.75 Å². The molecule has 0 aliphatic carbocycles. The molecule has 4 nitrogen and oxygen atoms in total. The first kappa shape index (κ1) is 27.9. The molecule has 0 amide bonds. The lowest BCUT2D eigenvalue weighted by Gasteiger charge is -2.36. The fourth-order valence-corrected chi connectivity index (χ4v) is 4.58. The van der Waals surface area contributed by atoms with Gasteiger partial charge < -0.3 is 14.0 Å². The van der Waals surface area contributed by atoms with Crippen molar-refractivity contribution in [1.82, 2.24) is 0 Å². The largest absolute Gasteiger partial charge is 0.457 e. The summed E-state index contributed by atoms with van der Waals surface area (Å²) in [5.74, 6) is 0.522. The quantitative estimate of drug-likeness (QED) is 0.106. The van der Waals surface area contributed by atoms with Crippen LogP contribution >= 0.6 is 0 Å². The monoisotopic (exact) mass is 468 g/mol. The lowest BCUT2D eigenvalue weighted by atomic mass is 10.0. The van der Waals surface area contributed by atoms with Crippen LogP contribution in [0.3, 0.4) is 0 Å². The number of unbranched alkanes of at least 4 members (excludes halogenated alkanes) is 7. The van der Waals surface area contributed by atoms with Crippen LogP contribution in [-0.2, 0) is 22.5 Å². The average molecular weight is 469 g/mol. The lowest BCUT2D eigenvalue weighted by molar-refractivity contribution is -0.919. The van der Waals surface area contributed by atoms with Gasteiger partial charge in [-0.1, -0.05) is 101 Å². The maximum absolute atomic E-state index is 12.8. The van der Waals surface area contributed by atoms with Gasteiger partial charge in [-0.25, -0.2) is 4.79 Å². The Hall–Kier alpha value is -2.33. The summed E-state index contributed by atoms with van der Waals surface area (Å²) in [5, 5.41) is 0. The molecule has 34 heavy (non-hydrogen) atoms. The number of esters is 1. The summed E-state index contributed by atoms with van der Waals surface area (Å²) in [6.07, 6.45) is 12.5. The molecule has 0 aliphatic heterocycles. The Morgan fingerprint density at radius 1 is 0.794 bits per heavy atom. The fourth-order valence-electron chi connectivity index (χ4n) is 4.58. The second-order valence-corrected chi connectivity index (χ2v) is 9.94. The molecule has 0 N–H and O–H groups in total. The maximum Gasteiger partial charge on any atom is 0.367 e. The number of carbonyl (C=O) groups excluding carboxylic acids is 1. The summed E-state index contributed by atoms with van der Waals surface area (Å²) in [5.41, 5.74) is 2.54. The van der Waals surface area contributed by atoms with Gasteiger partial charge in [0.05, 0.1) is 14.1 Å². The van der Waals surface area contributed by atoms with Gasteiger partial charge >= 0.3 is 5.97 Å². The van der Waals surface area contributed by atoms with Crippen molar-refractivity contribution in [2.75, 3.05) is 20.9 Å². The van der Waals surface area contributed by atoms with Gasteiger partial charge in [0.2, 0.25) is 6.79 Å². The zero-order valence-electron chi connectivity index (χ0n) is 21.9. The van der Waals surface area contributed by atoms with Gasteiger partial charge in [0.25, 0.3) is 0 Å². The van der Waals surface area contributed by atoms with Crippen molar-refractivity contribution >= 4 is 5.97 Å². The summed E-state index contributed by atoms with van der Waals surface area (Å²) in [6, 6.07) is 18.2. The van der Waals surface area contributed by atoms with Crippen LogP contribution in [0.1, 0.15) is 82.8 Å². The predicted octanol–water partition coefficient (Wildman–Crippen LogP) is 7.30. The van der Waals surface area contributed by atoms with E-state index in [1.807, 2.05) is 37.3 Å². The maximum atomic E-state index is 12.8. The van der Waals surface area contributed by atoms with E-state index in [4.69, 9.17) is 9.47 Å². The Morgan fingerprint density at radius 2 is 1.41 bits per heavy atom. The molecule has 0 saturated carbocycles. The van der Waals surface area contributed by atoms with Crippen molar-refractivity contribution in [2.45, 2.75) is 90.6 Å². The molecule has 0 bridgehead atoms.